The summed E-state index contributed by atoms with van der Waals surface area (Å²) < 4.78 is 51.0. The Hall–Kier alpha value is -8.96. The van der Waals surface area contributed by atoms with Crippen molar-refractivity contribution in [2.24, 2.45) is 5.73 Å². The Morgan fingerprint density at radius 1 is 0.581 bits per heavy atom. The van der Waals surface area contributed by atoms with Crippen LogP contribution in [0.25, 0.3) is 32.7 Å². The quantitative estimate of drug-likeness (QED) is 0.102. The summed E-state index contributed by atoms with van der Waals surface area (Å²) in [5, 5.41) is 50.9. The zero-order chi connectivity index (χ0) is 52.0. The molecule has 0 spiro atoms. The van der Waals surface area contributed by atoms with Gasteiger partial charge in [0.2, 0.25) is 0 Å². The van der Waals surface area contributed by atoms with Gasteiger partial charge in [-0.1, -0.05) is 49.7 Å². The highest BCUT2D eigenvalue weighted by Crippen LogP contribution is 2.26. The number of nitrogens with two attached hydrogens (primary N) is 1. The minimum atomic E-state index is -1.32. The molecule has 0 fully saturated rings. The fourth-order valence-electron chi connectivity index (χ4n) is 7.19. The molecule has 0 aliphatic rings. The summed E-state index contributed by atoms with van der Waals surface area (Å²) in [6, 6.07) is 17.3. The van der Waals surface area contributed by atoms with Gasteiger partial charge in [0, 0.05) is 34.7 Å². The third-order valence-corrected chi connectivity index (χ3v) is 10.8. The number of aromatic nitrogens is 9. The zero-order valence-electron chi connectivity index (χ0n) is 36.7. The van der Waals surface area contributed by atoms with E-state index < -0.39 is 41.3 Å². The molecule has 0 bridgehead atoms. The van der Waals surface area contributed by atoms with Crippen LogP contribution in [0, 0.1) is 40.1 Å². The van der Waals surface area contributed by atoms with Gasteiger partial charge in [-0.2, -0.15) is 25.8 Å². The average molecular weight is 1070 g/mol. The van der Waals surface area contributed by atoms with Crippen molar-refractivity contribution in [2.75, 3.05) is 6.61 Å². The van der Waals surface area contributed by atoms with E-state index in [0.717, 1.165) is 17.1 Å². The maximum absolute atomic E-state index is 14.2. The summed E-state index contributed by atoms with van der Waals surface area (Å²) in [7, 11) is 0. The number of hydrogen-bond donors (Lipinski definition) is 3. The van der Waals surface area contributed by atoms with Gasteiger partial charge in [-0.3, -0.25) is 24.4 Å². The van der Waals surface area contributed by atoms with Gasteiger partial charge in [-0.25, -0.2) is 36.9 Å². The van der Waals surface area contributed by atoms with Crippen LogP contribution in [0.5, 0.6) is 0 Å². The van der Waals surface area contributed by atoms with Crippen molar-refractivity contribution in [3.05, 3.63) is 175 Å². The number of carbonyl (C=O) groups is 4. The summed E-state index contributed by atoms with van der Waals surface area (Å²) >= 11 is 17.6. The lowest BCUT2D eigenvalue weighted by Crippen LogP contribution is -2.21. The van der Waals surface area contributed by atoms with E-state index in [-0.39, 0.29) is 91.4 Å². The van der Waals surface area contributed by atoms with Gasteiger partial charge in [0.1, 0.15) is 68.5 Å². The van der Waals surface area contributed by atoms with Crippen LogP contribution < -0.4 is 5.73 Å². The van der Waals surface area contributed by atoms with E-state index in [2.05, 4.69) is 30.2 Å². The molecule has 0 atom stereocenters. The number of primary amides is 1. The highest BCUT2D eigenvalue weighted by Gasteiger charge is 2.23. The van der Waals surface area contributed by atoms with Gasteiger partial charge >= 0.3 is 17.9 Å². The molecule has 0 aliphatic heterocycles. The molecule has 0 aliphatic carbocycles. The van der Waals surface area contributed by atoms with Crippen molar-refractivity contribution >= 4 is 91.3 Å². The van der Waals surface area contributed by atoms with Crippen molar-refractivity contribution in [3.8, 4) is 12.1 Å². The average Bonchev–Trinajstić information content (AvgIpc) is 4.06. The number of carboxylic acid groups (broad SMARTS) is 2. The number of esters is 1. The number of pyridine rings is 3. The minimum Gasteiger partial charge on any atom is -0.478 e. The van der Waals surface area contributed by atoms with Crippen LogP contribution in [0.15, 0.2) is 91.8 Å². The SMILES string of the molecule is C.C.CCOC(=O)c1cnn(Cc2cc(F)c3ncc(Cl)cc3c2)c1C#N.N#Cc1c(C(=O)O)cnn1Cc1cc(F)c2ncc(Cl)cc2c1.NC(=O)c1c(C(=O)O)cnn1Cc1cc(F)c2ncc(Cl)cc2c1. The zero-order valence-corrected chi connectivity index (χ0v) is 39.0. The molecule has 378 valence electrons. The summed E-state index contributed by atoms with van der Waals surface area (Å²) in [4.78, 5) is 57.3. The molecule has 6 heterocycles. The van der Waals surface area contributed by atoms with Crippen molar-refractivity contribution in [1.29, 1.82) is 10.5 Å². The molecule has 0 saturated carbocycles. The second-order valence-corrected chi connectivity index (χ2v) is 16.3. The van der Waals surface area contributed by atoms with Gasteiger partial charge in [0.05, 0.1) is 59.9 Å². The van der Waals surface area contributed by atoms with Crippen LogP contribution in [-0.2, 0) is 24.4 Å². The molecule has 9 aromatic rings. The molecule has 0 unspecified atom stereocenters. The van der Waals surface area contributed by atoms with E-state index in [9.17, 15) is 37.6 Å². The van der Waals surface area contributed by atoms with Gasteiger partial charge in [0.15, 0.2) is 11.4 Å². The molecule has 6 aromatic heterocycles. The Bertz CT molecular complexity index is 3740. The smallest absolute Gasteiger partial charge is 0.342 e. The standard InChI is InChI=1S/C17H12ClFN4O2.C15H10ClFN4O3.C15H8ClFN4O2.2CH4/c1-2-25-17(24)13-8-22-23(15(13)6-20)9-10-3-11-5-12(18)7-21-16(11)14(19)4-10;16-9-3-8-1-7(2-11(17)12(8)19-4-9)6-21-13(14(18)22)10(5-20-21)15(23)24;16-10-3-9-1-8(2-12(17)14(9)19-5-10)7-21-13(4-18)11(6-20-21)15(22)23;;/h3-5,7-8H,2,9H2,1H3;1-5H,6H2,(H2,18,22)(H,23,24);1-3,5-6H,7H2,(H,22,23);2*1H4. The fourth-order valence-corrected chi connectivity index (χ4v) is 7.69. The summed E-state index contributed by atoms with van der Waals surface area (Å²) in [6.45, 7) is 1.99. The first-order chi connectivity index (χ1) is 34.4. The Morgan fingerprint density at radius 2 is 0.932 bits per heavy atom. The fraction of sp³-hybridized carbons (Fsp3) is 0.143. The predicted octanol–water partition coefficient (Wildman–Crippen LogP) is 9.50. The van der Waals surface area contributed by atoms with Crippen LogP contribution >= 0.6 is 34.8 Å². The molecule has 1 amide bonds. The van der Waals surface area contributed by atoms with E-state index in [1.807, 2.05) is 6.07 Å². The lowest BCUT2D eigenvalue weighted by atomic mass is 10.1. The topological polar surface area (TPSA) is 284 Å². The van der Waals surface area contributed by atoms with Crippen LogP contribution in [0.2, 0.25) is 15.1 Å². The van der Waals surface area contributed by atoms with E-state index in [0.29, 0.717) is 47.9 Å². The minimum absolute atomic E-state index is 0. The van der Waals surface area contributed by atoms with Crippen LogP contribution in [0.3, 0.4) is 0 Å². The van der Waals surface area contributed by atoms with Crippen LogP contribution in [0.4, 0.5) is 13.2 Å². The highest BCUT2D eigenvalue weighted by atomic mass is 35.5. The number of carbonyl (C=O) groups excluding carboxylic acids is 2. The molecule has 3 aromatic carbocycles. The van der Waals surface area contributed by atoms with Gasteiger partial charge in [0.25, 0.3) is 5.91 Å². The number of nitrogens with zero attached hydrogens (tertiary/aromatic N) is 11. The lowest BCUT2D eigenvalue weighted by Gasteiger charge is -2.08. The lowest BCUT2D eigenvalue weighted by molar-refractivity contribution is 0.0524. The number of fused-ring (bicyclic) bond motifs is 3. The highest BCUT2D eigenvalue weighted by molar-refractivity contribution is 6.31. The number of hydrogen-bond acceptors (Lipinski definition) is 13. The first-order valence-corrected chi connectivity index (χ1v) is 21.6. The number of nitriles is 2. The summed E-state index contributed by atoms with van der Waals surface area (Å²) in [5.41, 5.74) is 6.58. The summed E-state index contributed by atoms with van der Waals surface area (Å²) in [6.07, 6.45) is 7.46. The Balaban J connectivity index is 0.000000203. The Morgan fingerprint density at radius 3 is 1.30 bits per heavy atom. The van der Waals surface area contributed by atoms with Crippen molar-refractivity contribution in [3.63, 3.8) is 0 Å². The monoisotopic (exact) mass is 1070 g/mol. The molecule has 19 nitrogen and oxygen atoms in total. The van der Waals surface area contributed by atoms with Crippen molar-refractivity contribution < 1.29 is 47.3 Å². The largest absolute Gasteiger partial charge is 0.478 e. The normalized spacial score (nSPS) is 10.4. The second kappa shape index (κ2) is 24.0. The van der Waals surface area contributed by atoms with Gasteiger partial charge < -0.3 is 20.7 Å². The number of aromatic carboxylic acids is 2. The van der Waals surface area contributed by atoms with E-state index in [1.54, 1.807) is 49.4 Å². The van der Waals surface area contributed by atoms with Crippen LogP contribution in [0.1, 0.15) is 91.4 Å². The first-order valence-electron chi connectivity index (χ1n) is 20.5. The Kier molecular flexibility index (Phi) is 18.1. The summed E-state index contributed by atoms with van der Waals surface area (Å²) in [5.74, 6) is -5.71. The first kappa shape index (κ1) is 56.0. The maximum atomic E-state index is 14.2. The second-order valence-electron chi connectivity index (χ2n) is 15.0. The number of ether oxygens (including phenoxy) is 1. The molecule has 4 N–H and O–H groups in total. The van der Waals surface area contributed by atoms with E-state index in [1.165, 1.54) is 52.4 Å². The third kappa shape index (κ3) is 12.4. The van der Waals surface area contributed by atoms with E-state index >= 15 is 0 Å². The van der Waals surface area contributed by atoms with Gasteiger partial charge in [-0.15, -0.1) is 0 Å². The Labute approximate surface area is 432 Å². The molecule has 74 heavy (non-hydrogen) atoms. The molecular formula is C49H38Cl3F3N12O7. The number of benzene rings is 3. The molecule has 0 saturated heterocycles. The number of carboxylic acids is 2. The molecule has 9 rings (SSSR count). The number of amides is 1. The molecule has 25 heteroatoms. The van der Waals surface area contributed by atoms with Crippen molar-refractivity contribution in [1.82, 2.24) is 44.3 Å². The third-order valence-electron chi connectivity index (χ3n) is 10.2. The maximum Gasteiger partial charge on any atom is 0.342 e. The number of rotatable bonds is 11. The van der Waals surface area contributed by atoms with Crippen LogP contribution in [-0.4, -0.2) is 84.9 Å². The molecule has 0 radical (unpaired) electrons. The number of halogens is 6. The van der Waals surface area contributed by atoms with Crippen molar-refractivity contribution in [2.45, 2.75) is 41.4 Å². The van der Waals surface area contributed by atoms with Gasteiger partial charge in [-0.05, 0) is 78.2 Å². The molecular weight excluding hydrogens is 1030 g/mol. The van der Waals surface area contributed by atoms with E-state index in [4.69, 9.17) is 60.7 Å². The predicted molar refractivity (Wildman–Crippen MR) is 265 cm³/mol.